The number of fused-ring (bicyclic) bond motifs is 2. The molecule has 0 amide bonds. The average Bonchev–Trinajstić information content (AvgIpc) is 2.89. The summed E-state index contributed by atoms with van der Waals surface area (Å²) in [5, 5.41) is 13.6. The van der Waals surface area contributed by atoms with E-state index < -0.39 is 6.23 Å². The zero-order chi connectivity index (χ0) is 19.0. The van der Waals surface area contributed by atoms with Crippen LogP contribution >= 0.6 is 0 Å². The number of aliphatic hydroxyl groups excluding tert-OH is 1. The van der Waals surface area contributed by atoms with Gasteiger partial charge in [0.05, 0.1) is 0 Å². The fraction of sp³-hybridized carbons (Fsp3) is 0.500. The molecule has 0 radical (unpaired) electrons. The van der Waals surface area contributed by atoms with Crippen LogP contribution in [0.1, 0.15) is 38.5 Å². The summed E-state index contributed by atoms with van der Waals surface area (Å²) in [6.45, 7) is 8.41. The summed E-state index contributed by atoms with van der Waals surface area (Å²) >= 11 is 0. The maximum absolute atomic E-state index is 10.4. The highest BCUT2D eigenvalue weighted by atomic mass is 16.3. The van der Waals surface area contributed by atoms with Gasteiger partial charge in [-0.1, -0.05) is 11.6 Å². The van der Waals surface area contributed by atoms with Crippen LogP contribution in [0.4, 0.5) is 0 Å². The van der Waals surface area contributed by atoms with Crippen LogP contribution in [0.5, 0.6) is 0 Å². The minimum atomic E-state index is -0.657. The molecule has 0 aromatic carbocycles. The van der Waals surface area contributed by atoms with Gasteiger partial charge in [-0.25, -0.2) is 0 Å². The topological polar surface area (TPSA) is 51.6 Å². The third-order valence-corrected chi connectivity index (χ3v) is 6.21. The number of allylic oxidation sites excluding steroid dienone is 4. The predicted octanol–water partition coefficient (Wildman–Crippen LogP) is 2.81. The lowest BCUT2D eigenvalue weighted by Crippen LogP contribution is -2.34. The smallest absolute Gasteiger partial charge is 0.131 e. The molecule has 0 fully saturated rings. The highest BCUT2D eigenvalue weighted by Gasteiger charge is 2.47. The number of aromatic nitrogens is 1. The standard InChI is InChI=1S/C22H30N4O/c1-16-4-5-20-22(2,14-16)18-15-25(3)12-8-19(18)26(20)13-11-24-21(27)17-6-9-23-10-7-17/h4-7,9-10,21,24,27H,8,11-15H2,1-3H3. The third-order valence-electron chi connectivity index (χ3n) is 6.21. The fourth-order valence-corrected chi connectivity index (χ4v) is 4.82. The van der Waals surface area contributed by atoms with Gasteiger partial charge in [-0.3, -0.25) is 10.3 Å². The minimum absolute atomic E-state index is 0.118. The van der Waals surface area contributed by atoms with Crippen molar-refractivity contribution in [3.63, 3.8) is 0 Å². The normalized spacial score (nSPS) is 26.4. The van der Waals surface area contributed by atoms with Crippen LogP contribution in [-0.2, 0) is 0 Å². The van der Waals surface area contributed by atoms with Crippen LogP contribution in [0.15, 0.2) is 59.2 Å². The van der Waals surface area contributed by atoms with Crippen LogP contribution in [0.25, 0.3) is 0 Å². The summed E-state index contributed by atoms with van der Waals surface area (Å²) in [5.74, 6) is 0. The average molecular weight is 367 g/mol. The molecule has 0 saturated carbocycles. The first-order valence-corrected chi connectivity index (χ1v) is 9.87. The molecule has 2 unspecified atom stereocenters. The largest absolute Gasteiger partial charge is 0.374 e. The number of nitrogens with zero attached hydrogens (tertiary/aromatic N) is 3. The van der Waals surface area contributed by atoms with Crippen molar-refractivity contribution in [2.75, 3.05) is 33.2 Å². The lowest BCUT2D eigenvalue weighted by atomic mass is 9.72. The zero-order valence-electron chi connectivity index (χ0n) is 16.6. The quantitative estimate of drug-likeness (QED) is 0.785. The minimum Gasteiger partial charge on any atom is -0.374 e. The molecular weight excluding hydrogens is 336 g/mol. The molecule has 4 rings (SSSR count). The summed E-state index contributed by atoms with van der Waals surface area (Å²) in [4.78, 5) is 8.96. The number of rotatable bonds is 5. The summed E-state index contributed by atoms with van der Waals surface area (Å²) in [7, 11) is 2.22. The predicted molar refractivity (Wildman–Crippen MR) is 108 cm³/mol. The van der Waals surface area contributed by atoms with Gasteiger partial charge in [0.1, 0.15) is 6.23 Å². The Kier molecular flexibility index (Phi) is 4.93. The number of aliphatic hydroxyl groups is 1. The summed E-state index contributed by atoms with van der Waals surface area (Å²) in [6.07, 6.45) is 9.56. The summed E-state index contributed by atoms with van der Waals surface area (Å²) in [6, 6.07) is 3.69. The van der Waals surface area contributed by atoms with Crippen molar-refractivity contribution in [1.82, 2.24) is 20.1 Å². The van der Waals surface area contributed by atoms with Crippen molar-refractivity contribution in [3.8, 4) is 0 Å². The Labute approximate surface area is 162 Å². The van der Waals surface area contributed by atoms with Crippen LogP contribution < -0.4 is 5.32 Å². The fourth-order valence-electron chi connectivity index (χ4n) is 4.82. The number of nitrogens with one attached hydrogen (secondary N) is 1. The molecule has 1 aromatic rings. The first kappa shape index (κ1) is 18.4. The molecule has 2 aliphatic heterocycles. The highest BCUT2D eigenvalue weighted by molar-refractivity contribution is 5.47. The van der Waals surface area contributed by atoms with Crippen molar-refractivity contribution < 1.29 is 5.11 Å². The Morgan fingerprint density at radius 2 is 2.07 bits per heavy atom. The molecule has 2 N–H and O–H groups in total. The van der Waals surface area contributed by atoms with E-state index in [0.717, 1.165) is 44.6 Å². The Bertz CT molecular complexity index is 798. The van der Waals surface area contributed by atoms with Crippen molar-refractivity contribution in [1.29, 1.82) is 0 Å². The molecule has 0 bridgehead atoms. The summed E-state index contributed by atoms with van der Waals surface area (Å²) in [5.41, 5.74) is 6.94. The molecule has 1 aromatic heterocycles. The zero-order valence-corrected chi connectivity index (χ0v) is 16.6. The molecular formula is C22H30N4O. The van der Waals surface area contributed by atoms with E-state index in [-0.39, 0.29) is 5.41 Å². The number of pyridine rings is 1. The third kappa shape index (κ3) is 3.35. The van der Waals surface area contributed by atoms with Crippen molar-refractivity contribution in [2.45, 2.75) is 32.9 Å². The van der Waals surface area contributed by atoms with Gasteiger partial charge in [0.25, 0.3) is 0 Å². The Morgan fingerprint density at radius 1 is 1.30 bits per heavy atom. The Morgan fingerprint density at radius 3 is 2.85 bits per heavy atom. The lowest BCUT2D eigenvalue weighted by Gasteiger charge is -2.35. The van der Waals surface area contributed by atoms with E-state index in [1.807, 2.05) is 12.1 Å². The van der Waals surface area contributed by atoms with Crippen LogP contribution in [0.3, 0.4) is 0 Å². The second kappa shape index (κ2) is 7.23. The van der Waals surface area contributed by atoms with E-state index in [9.17, 15) is 5.11 Å². The molecule has 3 aliphatic rings. The molecule has 1 aliphatic carbocycles. The monoisotopic (exact) mass is 366 g/mol. The van der Waals surface area contributed by atoms with E-state index in [4.69, 9.17) is 0 Å². The van der Waals surface area contributed by atoms with Crippen LogP contribution in [0, 0.1) is 5.41 Å². The first-order valence-electron chi connectivity index (χ1n) is 9.87. The van der Waals surface area contributed by atoms with E-state index >= 15 is 0 Å². The van der Waals surface area contributed by atoms with E-state index in [2.05, 4.69) is 53.1 Å². The highest BCUT2D eigenvalue weighted by Crippen LogP contribution is 2.54. The molecule has 5 nitrogen and oxygen atoms in total. The van der Waals surface area contributed by atoms with Gasteiger partial charge in [0.15, 0.2) is 0 Å². The van der Waals surface area contributed by atoms with Crippen LogP contribution in [0.2, 0.25) is 0 Å². The molecule has 3 heterocycles. The van der Waals surface area contributed by atoms with Crippen molar-refractivity contribution in [2.24, 2.45) is 5.41 Å². The van der Waals surface area contributed by atoms with Crippen molar-refractivity contribution >= 4 is 0 Å². The van der Waals surface area contributed by atoms with Crippen LogP contribution in [-0.4, -0.2) is 53.1 Å². The first-order chi connectivity index (χ1) is 13.0. The molecule has 27 heavy (non-hydrogen) atoms. The Balaban J connectivity index is 1.51. The van der Waals surface area contributed by atoms with Gasteiger partial charge in [-0.15, -0.1) is 0 Å². The molecule has 2 atom stereocenters. The number of hydrogen-bond donors (Lipinski definition) is 2. The van der Waals surface area contributed by atoms with E-state index in [1.165, 1.54) is 17.0 Å². The maximum Gasteiger partial charge on any atom is 0.131 e. The molecule has 0 spiro atoms. The van der Waals surface area contributed by atoms with Gasteiger partial charge >= 0.3 is 0 Å². The van der Waals surface area contributed by atoms with E-state index in [0.29, 0.717) is 0 Å². The van der Waals surface area contributed by atoms with Gasteiger partial charge < -0.3 is 14.9 Å². The van der Waals surface area contributed by atoms with Gasteiger partial charge in [0, 0.05) is 61.8 Å². The Hall–Kier alpha value is -1.95. The lowest BCUT2D eigenvalue weighted by molar-refractivity contribution is 0.136. The number of hydrogen-bond acceptors (Lipinski definition) is 5. The second-order valence-corrected chi connectivity index (χ2v) is 8.28. The van der Waals surface area contributed by atoms with Gasteiger partial charge in [-0.05, 0) is 56.7 Å². The van der Waals surface area contributed by atoms with Gasteiger partial charge in [-0.2, -0.15) is 0 Å². The molecule has 144 valence electrons. The van der Waals surface area contributed by atoms with Gasteiger partial charge in [0.2, 0.25) is 0 Å². The molecule has 5 heteroatoms. The molecule has 0 saturated heterocycles. The van der Waals surface area contributed by atoms with Crippen molar-refractivity contribution in [3.05, 3.63) is 64.8 Å². The summed E-state index contributed by atoms with van der Waals surface area (Å²) < 4.78 is 0. The maximum atomic E-state index is 10.4. The van der Waals surface area contributed by atoms with E-state index in [1.54, 1.807) is 18.0 Å². The number of likely N-dealkylation sites (N-methyl/N-ethyl adjacent to an activating group) is 1. The second-order valence-electron chi connectivity index (χ2n) is 8.28. The SMILES string of the molecule is CC1=CC=C2N(CCNC(O)c3ccncc3)C3=C(CN(C)CC3)C2(C)C1.